The highest BCUT2D eigenvalue weighted by Gasteiger charge is 2.37. The second-order valence-corrected chi connectivity index (χ2v) is 5.46. The Hall–Kier alpha value is -1.19. The van der Waals surface area contributed by atoms with Gasteiger partial charge in [0.25, 0.3) is 0 Å². The van der Waals surface area contributed by atoms with Gasteiger partial charge in [0, 0.05) is 12.5 Å². The molecule has 2 saturated heterocycles. The van der Waals surface area contributed by atoms with E-state index in [2.05, 4.69) is 5.32 Å². The van der Waals surface area contributed by atoms with Gasteiger partial charge in [-0.05, 0) is 25.8 Å². The molecule has 2 fully saturated rings. The van der Waals surface area contributed by atoms with E-state index in [0.717, 1.165) is 25.8 Å². The minimum atomic E-state index is -1.10. The first-order valence-corrected chi connectivity index (χ1v) is 6.95. The Morgan fingerprint density at radius 3 is 3.00 bits per heavy atom. The topological polar surface area (TPSA) is 82.2 Å². The number of nitrogens with zero attached hydrogens (tertiary/aromatic N) is 2. The molecule has 0 aromatic rings. The summed E-state index contributed by atoms with van der Waals surface area (Å²) in [5.41, 5.74) is 5.93. The number of piperidine rings is 1. The zero-order chi connectivity index (χ0) is 13.8. The molecule has 2 rings (SSSR count). The predicted molar refractivity (Wildman–Crippen MR) is 68.9 cm³/mol. The van der Waals surface area contributed by atoms with Crippen molar-refractivity contribution in [1.82, 2.24) is 10.2 Å². The van der Waals surface area contributed by atoms with Crippen molar-refractivity contribution in [1.29, 1.82) is 5.26 Å². The number of alkyl halides is 1. The number of likely N-dealkylation sites (tertiary alicyclic amines) is 1. The Morgan fingerprint density at radius 2 is 2.37 bits per heavy atom. The zero-order valence-electron chi connectivity index (χ0n) is 11.0. The Labute approximate surface area is 112 Å². The van der Waals surface area contributed by atoms with Crippen LogP contribution in [0.1, 0.15) is 32.1 Å². The molecule has 19 heavy (non-hydrogen) atoms. The third kappa shape index (κ3) is 3.43. The van der Waals surface area contributed by atoms with Gasteiger partial charge in [-0.25, -0.2) is 4.39 Å². The van der Waals surface area contributed by atoms with Gasteiger partial charge in [-0.2, -0.15) is 5.26 Å². The minimum absolute atomic E-state index is 0.00283. The van der Waals surface area contributed by atoms with E-state index in [9.17, 15) is 9.18 Å². The first-order chi connectivity index (χ1) is 9.11. The van der Waals surface area contributed by atoms with Gasteiger partial charge in [0.05, 0.1) is 18.7 Å². The molecule has 106 valence electrons. The van der Waals surface area contributed by atoms with Crippen LogP contribution in [0.3, 0.4) is 0 Å². The second-order valence-electron chi connectivity index (χ2n) is 5.46. The summed E-state index contributed by atoms with van der Waals surface area (Å²) in [5.74, 6) is -0.293. The maximum atomic E-state index is 13.3. The number of nitriles is 1. The molecule has 2 aliphatic rings. The Morgan fingerprint density at radius 1 is 1.58 bits per heavy atom. The van der Waals surface area contributed by atoms with Crippen molar-refractivity contribution in [3.05, 3.63) is 0 Å². The lowest BCUT2D eigenvalue weighted by Crippen LogP contribution is -2.49. The number of carbonyl (C=O) groups excluding carboxylic acids is 1. The molecule has 0 bridgehead atoms. The number of amides is 1. The number of nitrogens with two attached hydrogens (primary N) is 1. The van der Waals surface area contributed by atoms with Gasteiger partial charge in [0.15, 0.2) is 0 Å². The molecule has 3 N–H and O–H groups in total. The molecule has 0 spiro atoms. The third-order valence-electron chi connectivity index (χ3n) is 3.95. The van der Waals surface area contributed by atoms with Crippen LogP contribution in [0.2, 0.25) is 0 Å². The van der Waals surface area contributed by atoms with Gasteiger partial charge < -0.3 is 16.0 Å². The first-order valence-electron chi connectivity index (χ1n) is 6.95. The van der Waals surface area contributed by atoms with Crippen molar-refractivity contribution >= 4 is 5.91 Å². The molecule has 0 saturated carbocycles. The molecular formula is C13H21FN4O. The summed E-state index contributed by atoms with van der Waals surface area (Å²) in [6, 6.07) is 0.938. The summed E-state index contributed by atoms with van der Waals surface area (Å²) in [5, 5.41) is 12.3. The number of halogens is 1. The smallest absolute Gasteiger partial charge is 0.240 e. The maximum absolute atomic E-state index is 13.3. The molecule has 2 heterocycles. The molecule has 0 aromatic carbocycles. The molecule has 1 amide bonds. The van der Waals surface area contributed by atoms with Crippen LogP contribution in [0.5, 0.6) is 0 Å². The van der Waals surface area contributed by atoms with Crippen LogP contribution in [0, 0.1) is 11.3 Å². The number of hydrogen-bond acceptors (Lipinski definition) is 4. The summed E-state index contributed by atoms with van der Waals surface area (Å²) in [7, 11) is 0. The fourth-order valence-corrected chi connectivity index (χ4v) is 2.90. The summed E-state index contributed by atoms with van der Waals surface area (Å²) in [6.45, 7) is 0.964. The van der Waals surface area contributed by atoms with Crippen LogP contribution in [0.4, 0.5) is 4.39 Å². The minimum Gasteiger partial charge on any atom is -0.322 e. The fourth-order valence-electron chi connectivity index (χ4n) is 2.90. The first kappa shape index (κ1) is 14.2. The van der Waals surface area contributed by atoms with Crippen LogP contribution in [0.15, 0.2) is 0 Å². The van der Waals surface area contributed by atoms with Crippen molar-refractivity contribution in [2.75, 3.05) is 13.1 Å². The quantitative estimate of drug-likeness (QED) is 0.771. The average molecular weight is 268 g/mol. The van der Waals surface area contributed by atoms with E-state index in [1.165, 1.54) is 4.90 Å². The summed E-state index contributed by atoms with van der Waals surface area (Å²) in [4.78, 5) is 13.5. The summed E-state index contributed by atoms with van der Waals surface area (Å²) in [6.07, 6.45) is 2.89. The SMILES string of the molecule is N#CC1CC(F)CN1C(=O)C(N)CC1CCCCN1. The fraction of sp³-hybridized carbons (Fsp3) is 0.846. The van der Waals surface area contributed by atoms with E-state index in [-0.39, 0.29) is 24.9 Å². The van der Waals surface area contributed by atoms with Crippen LogP contribution in [-0.2, 0) is 4.79 Å². The molecule has 2 aliphatic heterocycles. The van der Waals surface area contributed by atoms with Gasteiger partial charge >= 0.3 is 0 Å². The average Bonchev–Trinajstić information content (AvgIpc) is 2.80. The van der Waals surface area contributed by atoms with Crippen LogP contribution >= 0.6 is 0 Å². The summed E-state index contributed by atoms with van der Waals surface area (Å²) >= 11 is 0. The van der Waals surface area contributed by atoms with Crippen molar-refractivity contribution in [2.24, 2.45) is 5.73 Å². The van der Waals surface area contributed by atoms with Crippen molar-refractivity contribution in [3.8, 4) is 6.07 Å². The van der Waals surface area contributed by atoms with Crippen molar-refractivity contribution in [2.45, 2.75) is 56.4 Å². The van der Waals surface area contributed by atoms with E-state index in [4.69, 9.17) is 11.0 Å². The molecular weight excluding hydrogens is 247 g/mol. The lowest BCUT2D eigenvalue weighted by Gasteiger charge is -2.28. The number of carbonyl (C=O) groups is 1. The van der Waals surface area contributed by atoms with Gasteiger partial charge in [-0.15, -0.1) is 0 Å². The van der Waals surface area contributed by atoms with E-state index in [1.807, 2.05) is 6.07 Å². The zero-order valence-corrected chi connectivity index (χ0v) is 11.0. The lowest BCUT2D eigenvalue weighted by atomic mass is 9.98. The highest BCUT2D eigenvalue weighted by Crippen LogP contribution is 2.21. The molecule has 4 unspecified atom stereocenters. The highest BCUT2D eigenvalue weighted by molar-refractivity contribution is 5.82. The highest BCUT2D eigenvalue weighted by atomic mass is 19.1. The largest absolute Gasteiger partial charge is 0.322 e. The Bertz CT molecular complexity index is 364. The van der Waals surface area contributed by atoms with E-state index >= 15 is 0 Å². The number of hydrogen-bond donors (Lipinski definition) is 2. The van der Waals surface area contributed by atoms with Gasteiger partial charge in [-0.3, -0.25) is 4.79 Å². The van der Waals surface area contributed by atoms with Gasteiger partial charge in [0.2, 0.25) is 5.91 Å². The third-order valence-corrected chi connectivity index (χ3v) is 3.95. The van der Waals surface area contributed by atoms with E-state index < -0.39 is 18.3 Å². The standard InChI is InChI=1S/C13H21FN4O/c14-9-5-11(7-15)18(8-9)13(19)12(16)6-10-3-1-2-4-17-10/h9-12,17H,1-6,8,16H2. The molecule has 0 aliphatic carbocycles. The van der Waals surface area contributed by atoms with Gasteiger partial charge in [0.1, 0.15) is 12.2 Å². The van der Waals surface area contributed by atoms with Crippen molar-refractivity contribution < 1.29 is 9.18 Å². The van der Waals surface area contributed by atoms with Gasteiger partial charge in [-0.1, -0.05) is 6.42 Å². The van der Waals surface area contributed by atoms with Crippen LogP contribution in [0.25, 0.3) is 0 Å². The maximum Gasteiger partial charge on any atom is 0.240 e. The molecule has 6 heteroatoms. The molecule has 5 nitrogen and oxygen atoms in total. The van der Waals surface area contributed by atoms with Crippen molar-refractivity contribution in [3.63, 3.8) is 0 Å². The molecule has 0 radical (unpaired) electrons. The Kier molecular flexibility index (Phi) is 4.72. The van der Waals surface area contributed by atoms with E-state index in [0.29, 0.717) is 6.42 Å². The molecule has 4 atom stereocenters. The number of nitrogens with one attached hydrogen (secondary N) is 1. The molecule has 0 aromatic heterocycles. The second kappa shape index (κ2) is 6.31. The Balaban J connectivity index is 1.89. The lowest BCUT2D eigenvalue weighted by molar-refractivity contribution is -0.133. The van der Waals surface area contributed by atoms with Crippen LogP contribution < -0.4 is 11.1 Å². The predicted octanol–water partition coefficient (Wildman–Crippen LogP) is 0.308. The van der Waals surface area contributed by atoms with Crippen LogP contribution in [-0.4, -0.2) is 48.2 Å². The normalized spacial score (nSPS) is 32.9. The van der Waals surface area contributed by atoms with E-state index in [1.54, 1.807) is 0 Å². The monoisotopic (exact) mass is 268 g/mol. The summed E-state index contributed by atoms with van der Waals surface area (Å²) < 4.78 is 13.3. The number of rotatable bonds is 3.